The van der Waals surface area contributed by atoms with Crippen LogP contribution in [0, 0.1) is 18.8 Å². The highest BCUT2D eigenvalue weighted by Crippen LogP contribution is 2.44. The summed E-state index contributed by atoms with van der Waals surface area (Å²) in [7, 11) is -1.76. The fourth-order valence-electron chi connectivity index (χ4n) is 2.55. The minimum Gasteiger partial charge on any atom is -0.352 e. The third kappa shape index (κ3) is 3.84. The van der Waals surface area contributed by atoms with E-state index in [9.17, 15) is 14.5 Å². The van der Waals surface area contributed by atoms with Crippen LogP contribution in [-0.4, -0.2) is 40.6 Å². The first kappa shape index (κ1) is 18.2. The average molecular weight is 346 g/mol. The topological polar surface area (TPSA) is 103 Å². The molecule has 1 aromatic rings. The minimum atomic E-state index is -3.08. The summed E-state index contributed by atoms with van der Waals surface area (Å²) >= 11 is 0. The van der Waals surface area contributed by atoms with E-state index in [-0.39, 0.29) is 24.5 Å². The summed E-state index contributed by atoms with van der Waals surface area (Å²) in [6.45, 7) is 5.69. The minimum absolute atomic E-state index is 0.0189. The summed E-state index contributed by atoms with van der Waals surface area (Å²) < 4.78 is 17.4. The largest absolute Gasteiger partial charge is 0.352 e. The zero-order chi connectivity index (χ0) is 17.4. The van der Waals surface area contributed by atoms with Gasteiger partial charge in [0.1, 0.15) is 6.23 Å². The van der Waals surface area contributed by atoms with Crippen molar-refractivity contribution in [2.75, 3.05) is 13.7 Å². The molecule has 8 nitrogen and oxygen atoms in total. The van der Waals surface area contributed by atoms with Gasteiger partial charge in [0, 0.05) is 24.8 Å². The van der Waals surface area contributed by atoms with E-state index in [1.54, 1.807) is 6.92 Å². The first-order valence-corrected chi connectivity index (χ1v) is 9.06. The van der Waals surface area contributed by atoms with E-state index >= 15 is 0 Å². The van der Waals surface area contributed by atoms with E-state index in [4.69, 9.17) is 13.8 Å². The quantitative estimate of drug-likeness (QED) is 0.767. The number of rotatable bonds is 5. The maximum Gasteiger partial charge on any atom is 0.330 e. The van der Waals surface area contributed by atoms with Crippen molar-refractivity contribution < 1.29 is 18.7 Å². The number of hydrogen-bond donors (Lipinski definition) is 2. The summed E-state index contributed by atoms with van der Waals surface area (Å²) in [6, 6.07) is 0. The van der Waals surface area contributed by atoms with Gasteiger partial charge in [-0.1, -0.05) is 13.8 Å². The van der Waals surface area contributed by atoms with Crippen LogP contribution in [0.3, 0.4) is 0 Å². The van der Waals surface area contributed by atoms with Crippen LogP contribution >= 0.6 is 7.57 Å². The molecule has 0 saturated carbocycles. The molecule has 0 amide bonds. The SMILES string of the molecule is C=P(O)(OC)OCC1OC(n2cc(C)c(=O)[nH]c2=O)C(C)C1C. The van der Waals surface area contributed by atoms with E-state index in [0.29, 0.717) is 5.56 Å². The molecule has 1 aliphatic rings. The number of aromatic amines is 1. The molecule has 5 atom stereocenters. The summed E-state index contributed by atoms with van der Waals surface area (Å²) in [5.41, 5.74) is -0.480. The highest BCUT2D eigenvalue weighted by molar-refractivity contribution is 7.58. The van der Waals surface area contributed by atoms with Gasteiger partial charge in [-0.3, -0.25) is 14.3 Å². The van der Waals surface area contributed by atoms with E-state index in [0.717, 1.165) is 0 Å². The number of aryl methyl sites for hydroxylation is 1. The molecule has 1 fully saturated rings. The Kier molecular flexibility index (Phi) is 5.33. The van der Waals surface area contributed by atoms with E-state index < -0.39 is 25.0 Å². The molecule has 0 bridgehead atoms. The second kappa shape index (κ2) is 6.75. The molecule has 2 N–H and O–H groups in total. The van der Waals surface area contributed by atoms with Crippen LogP contribution in [0.2, 0.25) is 0 Å². The van der Waals surface area contributed by atoms with Gasteiger partial charge in [-0.15, -0.1) is 0 Å². The number of nitrogens with one attached hydrogen (secondary N) is 1. The Hall–Kier alpha value is -1.18. The summed E-state index contributed by atoms with van der Waals surface area (Å²) in [6.07, 6.45) is 4.14. The Labute approximate surface area is 134 Å². The van der Waals surface area contributed by atoms with Crippen LogP contribution in [0.5, 0.6) is 0 Å². The lowest BCUT2D eigenvalue weighted by molar-refractivity contribution is -0.0354. The molecule has 9 heteroatoms. The highest BCUT2D eigenvalue weighted by atomic mass is 31.2. The van der Waals surface area contributed by atoms with Crippen molar-refractivity contribution in [2.45, 2.75) is 33.1 Å². The van der Waals surface area contributed by atoms with Crippen molar-refractivity contribution in [1.82, 2.24) is 9.55 Å². The van der Waals surface area contributed by atoms with Gasteiger partial charge < -0.3 is 18.7 Å². The van der Waals surface area contributed by atoms with Crippen LogP contribution in [0.15, 0.2) is 15.8 Å². The average Bonchev–Trinajstić information content (AvgIpc) is 2.77. The highest BCUT2D eigenvalue weighted by Gasteiger charge is 2.41. The molecule has 2 heterocycles. The number of aromatic nitrogens is 2. The van der Waals surface area contributed by atoms with Gasteiger partial charge in [-0.2, -0.15) is 0 Å². The maximum atomic E-state index is 12.0. The maximum absolute atomic E-state index is 12.0. The fraction of sp³-hybridized carbons (Fsp3) is 0.643. The molecule has 0 aromatic carbocycles. The van der Waals surface area contributed by atoms with Crippen LogP contribution in [0.4, 0.5) is 0 Å². The Morgan fingerprint density at radius 2 is 2.09 bits per heavy atom. The monoisotopic (exact) mass is 346 g/mol. The predicted molar refractivity (Wildman–Crippen MR) is 87.5 cm³/mol. The summed E-state index contributed by atoms with van der Waals surface area (Å²) in [5.74, 6) is 0.0985. The standard InChI is InChI=1S/C14H23N2O6P/c1-8-6-16(14(18)15-12(8)17)13-10(3)9(2)11(22-13)7-21-23(5,19)20-4/h6,9-11,13,19H,5,7H2,1-4H3,(H,15,17,18). The third-order valence-electron chi connectivity index (χ3n) is 4.33. The van der Waals surface area contributed by atoms with Gasteiger partial charge in [0.2, 0.25) is 7.57 Å². The Bertz CT molecular complexity index is 727. The number of ether oxygens (including phenoxy) is 1. The smallest absolute Gasteiger partial charge is 0.330 e. The van der Waals surface area contributed by atoms with E-state index in [1.165, 1.54) is 17.9 Å². The molecule has 1 aromatic heterocycles. The van der Waals surface area contributed by atoms with Gasteiger partial charge in [0.05, 0.1) is 12.7 Å². The van der Waals surface area contributed by atoms with Crippen molar-refractivity contribution in [3.63, 3.8) is 0 Å². The molecule has 130 valence electrons. The van der Waals surface area contributed by atoms with Crippen molar-refractivity contribution in [1.29, 1.82) is 0 Å². The molecule has 1 saturated heterocycles. The normalized spacial score (nSPS) is 30.3. The van der Waals surface area contributed by atoms with Gasteiger partial charge in [0.25, 0.3) is 5.56 Å². The predicted octanol–water partition coefficient (Wildman–Crippen LogP) is 0.865. The van der Waals surface area contributed by atoms with E-state index in [1.807, 2.05) is 13.8 Å². The first-order chi connectivity index (χ1) is 10.7. The second-order valence-corrected chi connectivity index (χ2v) is 7.78. The molecule has 0 radical (unpaired) electrons. The molecule has 0 spiro atoms. The van der Waals surface area contributed by atoms with Crippen LogP contribution in [0.25, 0.3) is 0 Å². The van der Waals surface area contributed by atoms with E-state index in [2.05, 4.69) is 11.3 Å². The van der Waals surface area contributed by atoms with Gasteiger partial charge >= 0.3 is 5.69 Å². The molecular formula is C14H23N2O6P. The van der Waals surface area contributed by atoms with Gasteiger partial charge in [0.15, 0.2) is 0 Å². The Balaban J connectivity index is 2.20. The number of nitrogens with zero attached hydrogens (tertiary/aromatic N) is 1. The van der Waals surface area contributed by atoms with Gasteiger partial charge in [-0.05, 0) is 19.1 Å². The van der Waals surface area contributed by atoms with Crippen LogP contribution in [0.1, 0.15) is 25.6 Å². The summed E-state index contributed by atoms with van der Waals surface area (Å²) in [4.78, 5) is 35.5. The van der Waals surface area contributed by atoms with Crippen molar-refractivity contribution in [2.24, 2.45) is 11.8 Å². The lowest BCUT2D eigenvalue weighted by atomic mass is 9.93. The van der Waals surface area contributed by atoms with Crippen LogP contribution in [-0.2, 0) is 13.8 Å². The molecule has 1 aliphatic heterocycles. The number of hydrogen-bond acceptors (Lipinski definition) is 6. The molecule has 2 rings (SSSR count). The zero-order valence-corrected chi connectivity index (χ0v) is 14.6. The number of H-pyrrole nitrogens is 1. The second-order valence-electron chi connectivity index (χ2n) is 5.88. The van der Waals surface area contributed by atoms with Gasteiger partial charge in [-0.25, -0.2) is 4.79 Å². The molecule has 0 aliphatic carbocycles. The first-order valence-electron chi connectivity index (χ1n) is 7.30. The Morgan fingerprint density at radius 1 is 1.43 bits per heavy atom. The van der Waals surface area contributed by atoms with Crippen molar-refractivity contribution in [3.8, 4) is 0 Å². The lowest BCUT2D eigenvalue weighted by Crippen LogP contribution is -2.35. The van der Waals surface area contributed by atoms with Crippen molar-refractivity contribution >= 4 is 13.9 Å². The van der Waals surface area contributed by atoms with Crippen molar-refractivity contribution in [3.05, 3.63) is 32.6 Å². The fourth-order valence-corrected chi connectivity index (χ4v) is 3.04. The zero-order valence-electron chi connectivity index (χ0n) is 13.7. The molecule has 23 heavy (non-hydrogen) atoms. The molecular weight excluding hydrogens is 323 g/mol. The third-order valence-corrected chi connectivity index (χ3v) is 5.45. The Morgan fingerprint density at radius 3 is 2.70 bits per heavy atom. The summed E-state index contributed by atoms with van der Waals surface area (Å²) in [5, 5.41) is 0. The van der Waals surface area contributed by atoms with Crippen LogP contribution < -0.4 is 11.2 Å². The molecule has 5 unspecified atom stereocenters. The lowest BCUT2D eigenvalue weighted by Gasteiger charge is -2.20.